The third-order valence-corrected chi connectivity index (χ3v) is 4.97. The van der Waals surface area contributed by atoms with E-state index in [2.05, 4.69) is 5.32 Å². The summed E-state index contributed by atoms with van der Waals surface area (Å²) < 4.78 is 26.4. The third kappa shape index (κ3) is 2.43. The lowest BCUT2D eigenvalue weighted by Crippen LogP contribution is -2.40. The molecule has 2 fully saturated rings. The lowest BCUT2D eigenvalue weighted by molar-refractivity contribution is 0.0911. The molecule has 2 nitrogen and oxygen atoms in total. The molecule has 2 aliphatic carbocycles. The molecule has 0 aliphatic heterocycles. The number of benzene rings is 1. The first-order chi connectivity index (χ1) is 9.54. The Morgan fingerprint density at radius 3 is 2.70 bits per heavy atom. The van der Waals surface area contributed by atoms with Gasteiger partial charge in [-0.05, 0) is 56.1 Å². The summed E-state index contributed by atoms with van der Waals surface area (Å²) in [6.45, 7) is 1.99. The monoisotopic (exact) mass is 279 g/mol. The van der Waals surface area contributed by atoms with E-state index >= 15 is 0 Å². The zero-order valence-corrected chi connectivity index (χ0v) is 11.5. The molecule has 0 aromatic heterocycles. The lowest BCUT2D eigenvalue weighted by atomic mass is 9.84. The zero-order chi connectivity index (χ0) is 14.3. The molecule has 2 aliphatic rings. The minimum absolute atomic E-state index is 0.0438. The van der Waals surface area contributed by atoms with Crippen LogP contribution in [0, 0.1) is 29.4 Å². The van der Waals surface area contributed by atoms with Crippen LogP contribution in [0.25, 0.3) is 0 Å². The molecule has 0 spiro atoms. The SMILES string of the molecule is C[C@@H](NC(=O)c1ccc(F)cc1F)[C@H]1C[C@@H]2CC[C@H]1C2. The molecular weight excluding hydrogens is 260 g/mol. The molecule has 0 radical (unpaired) electrons. The number of rotatable bonds is 3. The van der Waals surface area contributed by atoms with Gasteiger partial charge < -0.3 is 5.32 Å². The number of fused-ring (bicyclic) bond motifs is 2. The number of hydrogen-bond donors (Lipinski definition) is 1. The van der Waals surface area contributed by atoms with E-state index in [1.165, 1.54) is 25.3 Å². The molecule has 0 heterocycles. The van der Waals surface area contributed by atoms with E-state index in [-0.39, 0.29) is 11.6 Å². The van der Waals surface area contributed by atoms with Gasteiger partial charge in [-0.1, -0.05) is 6.42 Å². The summed E-state index contributed by atoms with van der Waals surface area (Å²) in [5.41, 5.74) is -0.0820. The average Bonchev–Trinajstić information content (AvgIpc) is 3.00. The predicted octanol–water partition coefficient (Wildman–Crippen LogP) is 3.52. The third-order valence-electron chi connectivity index (χ3n) is 4.97. The second kappa shape index (κ2) is 5.15. The van der Waals surface area contributed by atoms with Crippen LogP contribution in [0.15, 0.2) is 18.2 Å². The molecule has 2 saturated carbocycles. The second-order valence-corrected chi connectivity index (χ2v) is 6.23. The van der Waals surface area contributed by atoms with E-state index in [0.29, 0.717) is 11.8 Å². The molecule has 1 N–H and O–H groups in total. The van der Waals surface area contributed by atoms with Gasteiger partial charge in [0.2, 0.25) is 0 Å². The standard InChI is InChI=1S/C16H19F2NO/c1-9(14-7-10-2-3-11(14)6-10)19-16(20)13-5-4-12(17)8-15(13)18/h4-5,8-11,14H,2-3,6-7H2,1H3,(H,19,20)/t9-,10-,11+,14-/m1/s1. The molecule has 3 rings (SSSR count). The van der Waals surface area contributed by atoms with Crippen molar-refractivity contribution in [3.8, 4) is 0 Å². The second-order valence-electron chi connectivity index (χ2n) is 6.23. The zero-order valence-electron chi connectivity index (χ0n) is 11.5. The van der Waals surface area contributed by atoms with Gasteiger partial charge in [0.25, 0.3) is 5.91 Å². The summed E-state index contributed by atoms with van der Waals surface area (Å²) in [6.07, 6.45) is 5.00. The van der Waals surface area contributed by atoms with Crippen molar-refractivity contribution in [3.05, 3.63) is 35.4 Å². The largest absolute Gasteiger partial charge is 0.349 e. The molecule has 0 unspecified atom stereocenters. The fraction of sp³-hybridized carbons (Fsp3) is 0.562. The van der Waals surface area contributed by atoms with Gasteiger partial charge in [0, 0.05) is 12.1 Å². The van der Waals surface area contributed by atoms with Crippen molar-refractivity contribution in [2.45, 2.75) is 38.6 Å². The number of amides is 1. The Morgan fingerprint density at radius 2 is 2.10 bits per heavy atom. The Kier molecular flexibility index (Phi) is 3.48. The first kappa shape index (κ1) is 13.5. The van der Waals surface area contributed by atoms with Crippen LogP contribution in [0.5, 0.6) is 0 Å². The molecule has 108 valence electrons. The topological polar surface area (TPSA) is 29.1 Å². The quantitative estimate of drug-likeness (QED) is 0.901. The van der Waals surface area contributed by atoms with Crippen LogP contribution in [-0.4, -0.2) is 11.9 Å². The average molecular weight is 279 g/mol. The van der Waals surface area contributed by atoms with E-state index in [1.54, 1.807) is 0 Å². The fourth-order valence-electron chi connectivity index (χ4n) is 3.97. The summed E-state index contributed by atoms with van der Waals surface area (Å²) in [5.74, 6) is 0.0992. The van der Waals surface area contributed by atoms with Gasteiger partial charge in [0.1, 0.15) is 11.6 Å². The van der Waals surface area contributed by atoms with Crippen LogP contribution in [-0.2, 0) is 0 Å². The smallest absolute Gasteiger partial charge is 0.254 e. The number of carbonyl (C=O) groups excluding carboxylic acids is 1. The van der Waals surface area contributed by atoms with Crippen molar-refractivity contribution in [3.63, 3.8) is 0 Å². The van der Waals surface area contributed by atoms with E-state index in [4.69, 9.17) is 0 Å². The van der Waals surface area contributed by atoms with E-state index in [9.17, 15) is 13.6 Å². The minimum Gasteiger partial charge on any atom is -0.349 e. The minimum atomic E-state index is -0.803. The number of carbonyl (C=O) groups is 1. The van der Waals surface area contributed by atoms with Crippen LogP contribution < -0.4 is 5.32 Å². The molecule has 1 aromatic rings. The van der Waals surface area contributed by atoms with Crippen molar-refractivity contribution in [1.82, 2.24) is 5.32 Å². The van der Waals surface area contributed by atoms with Crippen molar-refractivity contribution >= 4 is 5.91 Å². The summed E-state index contributed by atoms with van der Waals surface area (Å²) in [4.78, 5) is 12.1. The Morgan fingerprint density at radius 1 is 1.30 bits per heavy atom. The molecule has 4 atom stereocenters. The number of hydrogen-bond acceptors (Lipinski definition) is 1. The van der Waals surface area contributed by atoms with Gasteiger partial charge in [-0.25, -0.2) is 8.78 Å². The van der Waals surface area contributed by atoms with Crippen LogP contribution in [0.1, 0.15) is 43.0 Å². The molecule has 4 heteroatoms. The first-order valence-electron chi connectivity index (χ1n) is 7.30. The fourth-order valence-corrected chi connectivity index (χ4v) is 3.97. The van der Waals surface area contributed by atoms with Gasteiger partial charge >= 0.3 is 0 Å². The first-order valence-corrected chi connectivity index (χ1v) is 7.30. The van der Waals surface area contributed by atoms with Crippen LogP contribution in [0.2, 0.25) is 0 Å². The van der Waals surface area contributed by atoms with E-state index in [1.807, 2.05) is 6.92 Å². The van der Waals surface area contributed by atoms with Crippen molar-refractivity contribution in [2.75, 3.05) is 0 Å². The van der Waals surface area contributed by atoms with E-state index < -0.39 is 17.5 Å². The van der Waals surface area contributed by atoms with Gasteiger partial charge in [-0.3, -0.25) is 4.79 Å². The highest BCUT2D eigenvalue weighted by Crippen LogP contribution is 2.49. The maximum atomic E-state index is 13.6. The molecule has 1 amide bonds. The van der Waals surface area contributed by atoms with Crippen molar-refractivity contribution in [2.24, 2.45) is 17.8 Å². The van der Waals surface area contributed by atoms with Crippen LogP contribution in [0.3, 0.4) is 0 Å². The maximum Gasteiger partial charge on any atom is 0.254 e. The van der Waals surface area contributed by atoms with Gasteiger partial charge in [-0.15, -0.1) is 0 Å². The highest BCUT2D eigenvalue weighted by atomic mass is 19.1. The maximum absolute atomic E-state index is 13.6. The number of halogens is 2. The van der Waals surface area contributed by atoms with Crippen molar-refractivity contribution in [1.29, 1.82) is 0 Å². The lowest BCUT2D eigenvalue weighted by Gasteiger charge is -2.28. The summed E-state index contributed by atoms with van der Waals surface area (Å²) in [5, 5.41) is 2.88. The summed E-state index contributed by atoms with van der Waals surface area (Å²) in [6, 6.07) is 3.10. The Balaban J connectivity index is 1.66. The predicted molar refractivity (Wildman–Crippen MR) is 72.2 cm³/mol. The van der Waals surface area contributed by atoms with Crippen LogP contribution >= 0.6 is 0 Å². The Labute approximate surface area is 117 Å². The highest BCUT2D eigenvalue weighted by molar-refractivity contribution is 5.94. The molecule has 20 heavy (non-hydrogen) atoms. The van der Waals surface area contributed by atoms with Crippen LogP contribution in [0.4, 0.5) is 8.78 Å². The van der Waals surface area contributed by atoms with E-state index in [0.717, 1.165) is 24.5 Å². The number of nitrogens with one attached hydrogen (secondary N) is 1. The van der Waals surface area contributed by atoms with Gasteiger partial charge in [0.15, 0.2) is 0 Å². The van der Waals surface area contributed by atoms with Gasteiger partial charge in [0.05, 0.1) is 5.56 Å². The molecule has 1 aromatic carbocycles. The van der Waals surface area contributed by atoms with Gasteiger partial charge in [-0.2, -0.15) is 0 Å². The molecule has 0 saturated heterocycles. The Bertz CT molecular complexity index is 531. The van der Waals surface area contributed by atoms with Crippen molar-refractivity contribution < 1.29 is 13.6 Å². The summed E-state index contributed by atoms with van der Waals surface area (Å²) in [7, 11) is 0. The molecular formula is C16H19F2NO. The summed E-state index contributed by atoms with van der Waals surface area (Å²) >= 11 is 0. The highest BCUT2D eigenvalue weighted by Gasteiger charge is 2.42. The Hall–Kier alpha value is -1.45. The normalized spacial score (nSPS) is 29.4. The molecule has 2 bridgehead atoms.